The van der Waals surface area contributed by atoms with Gasteiger partial charge in [-0.1, -0.05) is 11.6 Å². The second kappa shape index (κ2) is 13.3. The maximum atomic E-state index is 13.6. The van der Waals surface area contributed by atoms with Crippen LogP contribution in [-0.2, 0) is 6.18 Å². The van der Waals surface area contributed by atoms with Crippen LogP contribution in [0.5, 0.6) is 5.88 Å². The number of hydrogen-bond donors (Lipinski definition) is 3. The number of ether oxygens (including phenoxy) is 1. The number of aromatic nitrogens is 7. The van der Waals surface area contributed by atoms with E-state index in [9.17, 15) is 31.1 Å². The molecule has 4 aromatic rings. The van der Waals surface area contributed by atoms with Gasteiger partial charge < -0.3 is 15.4 Å². The average molecular weight is 671 g/mol. The van der Waals surface area contributed by atoms with Gasteiger partial charge in [-0.3, -0.25) is 15.0 Å². The van der Waals surface area contributed by atoms with Crippen molar-refractivity contribution in [3.63, 3.8) is 0 Å². The van der Waals surface area contributed by atoms with Gasteiger partial charge in [-0.05, 0) is 31.7 Å². The van der Waals surface area contributed by atoms with E-state index in [4.69, 9.17) is 16.3 Å². The van der Waals surface area contributed by atoms with E-state index >= 15 is 0 Å². The third kappa shape index (κ3) is 7.72. The van der Waals surface area contributed by atoms with Crippen LogP contribution in [0.25, 0.3) is 22.6 Å². The summed E-state index contributed by atoms with van der Waals surface area (Å²) in [5, 5.41) is 11.0. The van der Waals surface area contributed by atoms with Crippen molar-refractivity contribution in [2.24, 2.45) is 0 Å². The number of anilines is 2. The molecule has 4 heterocycles. The molecule has 1 fully saturated rings. The number of alkyl halides is 6. The molecule has 0 aliphatic heterocycles. The lowest BCUT2D eigenvalue weighted by atomic mass is 9.90. The third-order valence-corrected chi connectivity index (χ3v) is 7.38. The van der Waals surface area contributed by atoms with E-state index in [1.165, 1.54) is 31.9 Å². The normalized spacial score (nSPS) is 17.0. The number of rotatable bonds is 8. The van der Waals surface area contributed by atoms with Gasteiger partial charge in [-0.2, -0.15) is 31.4 Å². The summed E-state index contributed by atoms with van der Waals surface area (Å²) in [6.45, 7) is -1.55. The van der Waals surface area contributed by atoms with Crippen LogP contribution < -0.4 is 20.3 Å². The molecular weight excluding hydrogens is 646 g/mol. The Kier molecular flexibility index (Phi) is 9.45. The van der Waals surface area contributed by atoms with Crippen molar-refractivity contribution in [3.05, 3.63) is 53.7 Å². The van der Waals surface area contributed by atoms with Gasteiger partial charge in [0.1, 0.15) is 23.5 Å². The summed E-state index contributed by atoms with van der Waals surface area (Å²) < 4.78 is 84.8. The molecular formula is C27H25ClF6N10O2. The Hall–Kier alpha value is -4.74. The minimum atomic E-state index is -4.77. The number of nitrogens with one attached hydrogen (secondary N) is 3. The molecule has 1 aliphatic carbocycles. The molecule has 1 aliphatic rings. The standard InChI is InChI=1S/C27H25ClF6N10O2/c1-46-21-7-2-14(8-37-21)19-11-36-20(12-35-19)44(25(45)39-13-26(29,30)31)16-5-3-15(4-6-16)41-24-38-9-17(27(32,33)34)22(42-24)23-18(28)10-40-43-23/h2,7-12,15-16H,3-6,13H2,1H3,(H,39,45)(H,40,43)(H,38,41,42)/t15-,16-. The number of pyridine rings is 1. The Morgan fingerprint density at radius 2 is 1.76 bits per heavy atom. The lowest BCUT2D eigenvalue weighted by Gasteiger charge is -2.36. The highest BCUT2D eigenvalue weighted by Gasteiger charge is 2.38. The predicted molar refractivity (Wildman–Crippen MR) is 153 cm³/mol. The van der Waals surface area contributed by atoms with Crippen molar-refractivity contribution in [3.8, 4) is 28.5 Å². The molecule has 4 aromatic heterocycles. The summed E-state index contributed by atoms with van der Waals surface area (Å²) in [6.07, 6.45) is -2.01. The monoisotopic (exact) mass is 670 g/mol. The number of nitrogens with zero attached hydrogens (tertiary/aromatic N) is 7. The van der Waals surface area contributed by atoms with Crippen LogP contribution in [0.4, 0.5) is 42.9 Å². The molecule has 0 bridgehead atoms. The largest absolute Gasteiger partial charge is 0.481 e. The molecule has 0 spiro atoms. The second-order valence-electron chi connectivity index (χ2n) is 10.2. The first-order valence-electron chi connectivity index (χ1n) is 13.7. The highest BCUT2D eigenvalue weighted by atomic mass is 35.5. The number of aromatic amines is 1. The molecule has 0 unspecified atom stereocenters. The number of H-pyrrole nitrogens is 1. The molecule has 0 aromatic carbocycles. The van der Waals surface area contributed by atoms with Crippen LogP contribution in [0.3, 0.4) is 0 Å². The molecule has 0 saturated heterocycles. The first-order chi connectivity index (χ1) is 21.8. The summed E-state index contributed by atoms with van der Waals surface area (Å²) >= 11 is 6.00. The molecule has 2 amide bonds. The Bertz CT molecular complexity index is 1640. The van der Waals surface area contributed by atoms with Gasteiger partial charge in [0.15, 0.2) is 5.82 Å². The number of amides is 2. The van der Waals surface area contributed by atoms with Gasteiger partial charge in [0, 0.05) is 42.3 Å². The minimum Gasteiger partial charge on any atom is -0.481 e. The first kappa shape index (κ1) is 32.6. The number of hydrogen-bond acceptors (Lipinski definition) is 9. The van der Waals surface area contributed by atoms with Crippen LogP contribution in [0.15, 0.2) is 43.1 Å². The lowest BCUT2D eigenvalue weighted by Crippen LogP contribution is -2.50. The van der Waals surface area contributed by atoms with Gasteiger partial charge in [-0.15, -0.1) is 0 Å². The fraction of sp³-hybridized carbons (Fsp3) is 0.370. The number of carbonyl (C=O) groups excluding carboxylic acids is 1. The Morgan fingerprint density at radius 1 is 1.00 bits per heavy atom. The fourth-order valence-corrected chi connectivity index (χ4v) is 5.09. The maximum Gasteiger partial charge on any atom is 0.420 e. The summed E-state index contributed by atoms with van der Waals surface area (Å²) in [4.78, 5) is 34.8. The molecule has 46 heavy (non-hydrogen) atoms. The summed E-state index contributed by atoms with van der Waals surface area (Å²) in [5.41, 5.74) is -0.812. The van der Waals surface area contributed by atoms with Gasteiger partial charge in [0.05, 0.1) is 30.2 Å². The minimum absolute atomic E-state index is 0.0351. The Balaban J connectivity index is 1.32. The molecule has 19 heteroatoms. The predicted octanol–water partition coefficient (Wildman–Crippen LogP) is 5.90. The second-order valence-corrected chi connectivity index (χ2v) is 10.6. The zero-order chi connectivity index (χ0) is 33.1. The number of halogens is 7. The molecule has 0 atom stereocenters. The quantitative estimate of drug-likeness (QED) is 0.195. The van der Waals surface area contributed by atoms with E-state index in [1.807, 2.05) is 5.32 Å². The highest BCUT2D eigenvalue weighted by Crippen LogP contribution is 2.38. The van der Waals surface area contributed by atoms with Gasteiger partial charge in [-0.25, -0.2) is 24.7 Å². The van der Waals surface area contributed by atoms with Crippen molar-refractivity contribution >= 4 is 29.4 Å². The zero-order valence-corrected chi connectivity index (χ0v) is 24.6. The van der Waals surface area contributed by atoms with Crippen molar-refractivity contribution in [2.45, 2.75) is 50.1 Å². The van der Waals surface area contributed by atoms with Crippen LogP contribution in [0, 0.1) is 0 Å². The number of methoxy groups -OCH3 is 1. The highest BCUT2D eigenvalue weighted by molar-refractivity contribution is 6.32. The topological polar surface area (TPSA) is 147 Å². The van der Waals surface area contributed by atoms with E-state index in [-0.39, 0.29) is 28.5 Å². The number of urea groups is 1. The first-order valence-corrected chi connectivity index (χ1v) is 14.1. The molecule has 0 radical (unpaired) electrons. The van der Waals surface area contributed by atoms with Crippen LogP contribution in [-0.4, -0.2) is 73.1 Å². The molecule has 1 saturated carbocycles. The molecule has 5 rings (SSSR count). The van der Waals surface area contributed by atoms with E-state index in [1.54, 1.807) is 12.1 Å². The van der Waals surface area contributed by atoms with E-state index in [0.29, 0.717) is 49.0 Å². The van der Waals surface area contributed by atoms with Gasteiger partial charge in [0.25, 0.3) is 0 Å². The Morgan fingerprint density at radius 3 is 2.33 bits per heavy atom. The summed E-state index contributed by atoms with van der Waals surface area (Å²) in [7, 11) is 1.47. The van der Waals surface area contributed by atoms with Crippen molar-refractivity contribution in [2.75, 3.05) is 23.9 Å². The maximum absolute atomic E-state index is 13.6. The fourth-order valence-electron chi connectivity index (χ4n) is 4.91. The average Bonchev–Trinajstić information content (AvgIpc) is 3.46. The van der Waals surface area contributed by atoms with Crippen LogP contribution in [0.2, 0.25) is 5.02 Å². The lowest BCUT2D eigenvalue weighted by molar-refractivity contribution is -0.137. The zero-order valence-electron chi connectivity index (χ0n) is 23.8. The summed E-state index contributed by atoms with van der Waals surface area (Å²) in [6, 6.07) is 1.42. The van der Waals surface area contributed by atoms with Crippen LogP contribution >= 0.6 is 11.6 Å². The van der Waals surface area contributed by atoms with E-state index < -0.39 is 42.2 Å². The number of carbonyl (C=O) groups is 1. The smallest absolute Gasteiger partial charge is 0.420 e. The van der Waals surface area contributed by atoms with E-state index in [2.05, 4.69) is 40.4 Å². The van der Waals surface area contributed by atoms with Gasteiger partial charge in [0.2, 0.25) is 11.8 Å². The Labute approximate surface area is 262 Å². The molecule has 244 valence electrons. The SMILES string of the molecule is COc1ccc(-c2cnc(N(C(=O)NCC(F)(F)F)[C@H]3CC[C@H](Nc4ncc(C(F)(F)F)c(-c5n[nH]cc5Cl)n4)CC3)cn2)cn1. The third-order valence-electron chi connectivity index (χ3n) is 7.09. The van der Waals surface area contributed by atoms with E-state index in [0.717, 1.165) is 4.90 Å². The van der Waals surface area contributed by atoms with Crippen molar-refractivity contribution in [1.82, 2.24) is 40.4 Å². The molecule has 12 nitrogen and oxygen atoms in total. The van der Waals surface area contributed by atoms with Crippen molar-refractivity contribution < 1.29 is 35.9 Å². The van der Waals surface area contributed by atoms with Gasteiger partial charge >= 0.3 is 18.4 Å². The van der Waals surface area contributed by atoms with Crippen LogP contribution in [0.1, 0.15) is 31.2 Å². The molecule has 3 N–H and O–H groups in total. The van der Waals surface area contributed by atoms with Crippen molar-refractivity contribution in [1.29, 1.82) is 0 Å². The summed E-state index contributed by atoms with van der Waals surface area (Å²) in [5.74, 6) is 0.325.